The molecular weight excluding hydrogens is 464 g/mol. The molecule has 0 saturated carbocycles. The monoisotopic (exact) mass is 533 g/mol. The predicted octanol–water partition coefficient (Wildman–Crippen LogP) is 12.6. The van der Waals surface area contributed by atoms with Gasteiger partial charge in [-0.1, -0.05) is 167 Å². The van der Waals surface area contributed by atoms with Crippen molar-refractivity contribution in [3.8, 4) is 0 Å². The highest BCUT2D eigenvalue weighted by Gasteiger charge is 2.02. The van der Waals surface area contributed by atoms with Crippen molar-refractivity contribution in [2.75, 3.05) is 6.61 Å². The number of rotatable bonds is 31. The number of carbonyl (C=O) groups excluding carboxylic acids is 1. The molecule has 0 aromatic rings. The predicted molar refractivity (Wildman–Crippen MR) is 170 cm³/mol. The third kappa shape index (κ3) is 33.0. The van der Waals surface area contributed by atoms with Gasteiger partial charge in [0.25, 0.3) is 0 Å². The number of unbranched alkanes of at least 4 members (excludes halogenated alkanes) is 23. The minimum atomic E-state index is 0.0108. The molecule has 0 aliphatic heterocycles. The van der Waals surface area contributed by atoms with Gasteiger partial charge >= 0.3 is 5.97 Å². The largest absolute Gasteiger partial charge is 0.466 e. The average Bonchev–Trinajstić information content (AvgIpc) is 2.92. The van der Waals surface area contributed by atoms with Crippen LogP contribution in [0.3, 0.4) is 0 Å². The van der Waals surface area contributed by atoms with E-state index in [1.54, 1.807) is 0 Å². The molecule has 2 nitrogen and oxygen atoms in total. The third-order valence-electron chi connectivity index (χ3n) is 7.59. The molecule has 0 unspecified atom stereocenters. The first-order chi connectivity index (χ1) is 18.8. The van der Waals surface area contributed by atoms with Crippen molar-refractivity contribution in [2.45, 2.75) is 194 Å². The molecule has 0 aromatic carbocycles. The molecule has 0 aromatic heterocycles. The van der Waals surface area contributed by atoms with Crippen molar-refractivity contribution in [3.63, 3.8) is 0 Å². The van der Waals surface area contributed by atoms with Crippen LogP contribution in [0.25, 0.3) is 0 Å². The molecule has 0 amide bonds. The van der Waals surface area contributed by atoms with Crippen LogP contribution < -0.4 is 0 Å². The van der Waals surface area contributed by atoms with Gasteiger partial charge in [0, 0.05) is 6.42 Å². The van der Waals surface area contributed by atoms with Crippen molar-refractivity contribution in [1.82, 2.24) is 0 Å². The van der Waals surface area contributed by atoms with Gasteiger partial charge in [-0.25, -0.2) is 0 Å². The van der Waals surface area contributed by atoms with Crippen LogP contribution in [0.4, 0.5) is 0 Å². The lowest BCUT2D eigenvalue weighted by atomic mass is 10.0. The zero-order valence-electron chi connectivity index (χ0n) is 26.1. The summed E-state index contributed by atoms with van der Waals surface area (Å²) in [5.41, 5.74) is 0. The van der Waals surface area contributed by atoms with Crippen molar-refractivity contribution in [3.05, 3.63) is 24.3 Å². The SMILES string of the molecule is CCCCC/C=C\C/C=C\CCCCCCCC(=O)OCCCCCCCCCCCCCCCCCC. The minimum Gasteiger partial charge on any atom is -0.466 e. The highest BCUT2D eigenvalue weighted by molar-refractivity contribution is 5.69. The van der Waals surface area contributed by atoms with Gasteiger partial charge < -0.3 is 4.74 Å². The summed E-state index contributed by atoms with van der Waals surface area (Å²) in [5.74, 6) is 0.0108. The Bertz CT molecular complexity index is 507. The summed E-state index contributed by atoms with van der Waals surface area (Å²) < 4.78 is 5.43. The Morgan fingerprint density at radius 2 is 0.816 bits per heavy atom. The molecule has 0 aliphatic rings. The van der Waals surface area contributed by atoms with Crippen LogP contribution in [-0.2, 0) is 9.53 Å². The second-order valence-electron chi connectivity index (χ2n) is 11.5. The zero-order valence-corrected chi connectivity index (χ0v) is 26.1. The number of allylic oxidation sites excluding steroid dienone is 4. The van der Waals surface area contributed by atoms with E-state index in [2.05, 4.69) is 38.2 Å². The summed E-state index contributed by atoms with van der Waals surface area (Å²) in [5, 5.41) is 0. The molecule has 0 atom stereocenters. The highest BCUT2D eigenvalue weighted by atomic mass is 16.5. The maximum atomic E-state index is 11.9. The van der Waals surface area contributed by atoms with Crippen molar-refractivity contribution in [1.29, 1.82) is 0 Å². The van der Waals surface area contributed by atoms with Crippen LogP contribution in [0.1, 0.15) is 194 Å². The number of esters is 1. The fourth-order valence-electron chi connectivity index (χ4n) is 4.99. The lowest BCUT2D eigenvalue weighted by molar-refractivity contribution is -0.143. The van der Waals surface area contributed by atoms with E-state index in [4.69, 9.17) is 4.74 Å². The summed E-state index contributed by atoms with van der Waals surface area (Å²) in [6.45, 7) is 5.17. The molecule has 0 heterocycles. The Labute approximate surface area is 239 Å². The van der Waals surface area contributed by atoms with Gasteiger partial charge in [-0.2, -0.15) is 0 Å². The molecule has 0 N–H and O–H groups in total. The quantitative estimate of drug-likeness (QED) is 0.0504. The maximum Gasteiger partial charge on any atom is 0.305 e. The van der Waals surface area contributed by atoms with Crippen LogP contribution in [0.2, 0.25) is 0 Å². The van der Waals surface area contributed by atoms with Gasteiger partial charge in [0.1, 0.15) is 0 Å². The lowest BCUT2D eigenvalue weighted by Gasteiger charge is -2.05. The smallest absolute Gasteiger partial charge is 0.305 e. The number of ether oxygens (including phenoxy) is 1. The van der Waals surface area contributed by atoms with Gasteiger partial charge in [-0.15, -0.1) is 0 Å². The molecule has 0 aliphatic carbocycles. The fourth-order valence-corrected chi connectivity index (χ4v) is 4.99. The molecule has 0 bridgehead atoms. The average molecular weight is 533 g/mol. The first-order valence-electron chi connectivity index (χ1n) is 17.3. The molecule has 224 valence electrons. The topological polar surface area (TPSA) is 26.3 Å². The number of hydrogen-bond acceptors (Lipinski definition) is 2. The van der Waals surface area contributed by atoms with Gasteiger partial charge in [0.05, 0.1) is 6.61 Å². The van der Waals surface area contributed by atoms with Crippen LogP contribution in [0.15, 0.2) is 24.3 Å². The molecule has 0 saturated heterocycles. The second kappa shape index (κ2) is 34.0. The van der Waals surface area contributed by atoms with E-state index in [-0.39, 0.29) is 5.97 Å². The van der Waals surface area contributed by atoms with Gasteiger partial charge in [0.15, 0.2) is 0 Å². The summed E-state index contributed by atoms with van der Waals surface area (Å²) in [6.07, 6.45) is 45.2. The van der Waals surface area contributed by atoms with Crippen molar-refractivity contribution >= 4 is 5.97 Å². The molecule has 0 fully saturated rings. The number of hydrogen-bond donors (Lipinski definition) is 0. The van der Waals surface area contributed by atoms with Crippen LogP contribution in [0, 0.1) is 0 Å². The minimum absolute atomic E-state index is 0.0108. The van der Waals surface area contributed by atoms with E-state index < -0.39 is 0 Å². The Hall–Kier alpha value is -1.05. The molecular formula is C36H68O2. The Kier molecular flexibility index (Phi) is 33.0. The summed E-state index contributed by atoms with van der Waals surface area (Å²) >= 11 is 0. The summed E-state index contributed by atoms with van der Waals surface area (Å²) in [6, 6.07) is 0. The molecule has 38 heavy (non-hydrogen) atoms. The van der Waals surface area contributed by atoms with Gasteiger partial charge in [-0.3, -0.25) is 4.79 Å². The maximum absolute atomic E-state index is 11.9. The summed E-state index contributed by atoms with van der Waals surface area (Å²) in [4.78, 5) is 11.9. The number of carbonyl (C=O) groups is 1. The zero-order chi connectivity index (χ0) is 27.6. The molecule has 0 rings (SSSR count). The lowest BCUT2D eigenvalue weighted by Crippen LogP contribution is -2.05. The van der Waals surface area contributed by atoms with Crippen molar-refractivity contribution in [2.24, 2.45) is 0 Å². The normalized spacial score (nSPS) is 11.7. The van der Waals surface area contributed by atoms with E-state index in [0.29, 0.717) is 13.0 Å². The van der Waals surface area contributed by atoms with E-state index in [0.717, 1.165) is 25.7 Å². The Morgan fingerprint density at radius 1 is 0.447 bits per heavy atom. The first-order valence-corrected chi connectivity index (χ1v) is 17.3. The highest BCUT2D eigenvalue weighted by Crippen LogP contribution is 2.14. The standard InChI is InChI=1S/C36H68O2/c1-3-5-7-9-11-13-15-17-19-21-23-25-27-29-31-33-35-38-36(37)34-32-30-28-26-24-22-20-18-16-14-12-10-8-6-4-2/h12,14,18,20H,3-11,13,15-17,19,21-35H2,1-2H3/b14-12-,20-18-. The van der Waals surface area contributed by atoms with E-state index >= 15 is 0 Å². The van der Waals surface area contributed by atoms with E-state index in [1.165, 1.54) is 148 Å². The molecule has 0 radical (unpaired) electrons. The van der Waals surface area contributed by atoms with Crippen LogP contribution in [-0.4, -0.2) is 12.6 Å². The molecule has 0 spiro atoms. The van der Waals surface area contributed by atoms with Gasteiger partial charge in [-0.05, 0) is 44.9 Å². The second-order valence-corrected chi connectivity index (χ2v) is 11.5. The molecule has 2 heteroatoms. The first kappa shape index (κ1) is 37.0. The van der Waals surface area contributed by atoms with Crippen molar-refractivity contribution < 1.29 is 9.53 Å². The Balaban J connectivity index is 3.21. The van der Waals surface area contributed by atoms with Crippen LogP contribution in [0.5, 0.6) is 0 Å². The fraction of sp³-hybridized carbons (Fsp3) is 0.861. The Morgan fingerprint density at radius 3 is 1.32 bits per heavy atom. The summed E-state index contributed by atoms with van der Waals surface area (Å²) in [7, 11) is 0. The third-order valence-corrected chi connectivity index (χ3v) is 7.59. The van der Waals surface area contributed by atoms with E-state index in [9.17, 15) is 4.79 Å². The van der Waals surface area contributed by atoms with Crippen LogP contribution >= 0.6 is 0 Å². The van der Waals surface area contributed by atoms with E-state index in [1.807, 2.05) is 0 Å². The van der Waals surface area contributed by atoms with Gasteiger partial charge in [0.2, 0.25) is 0 Å².